The average Bonchev–Trinajstić information content (AvgIpc) is 3.14. The van der Waals surface area contributed by atoms with Crippen LogP contribution in [0, 0.1) is 0 Å². The van der Waals surface area contributed by atoms with E-state index in [1.54, 1.807) is 42.7 Å². The lowest BCUT2D eigenvalue weighted by Gasteiger charge is -2.25. The minimum atomic E-state index is -0.798. The lowest BCUT2D eigenvalue weighted by molar-refractivity contribution is -0.132. The number of ketones is 1. The molecule has 1 aromatic heterocycles. The van der Waals surface area contributed by atoms with Crippen LogP contribution in [0.2, 0.25) is 0 Å². The molecule has 166 valence electrons. The third-order valence-electron chi connectivity index (χ3n) is 5.90. The normalized spacial score (nSPS) is 19.1. The Kier molecular flexibility index (Phi) is 5.30. The Labute approximate surface area is 190 Å². The molecule has 0 saturated carbocycles. The Bertz CT molecular complexity index is 1250. The second-order valence-electron chi connectivity index (χ2n) is 7.83. The molecule has 2 aliphatic rings. The number of nitrogens with zero attached hydrogens (tertiary/aromatic N) is 2. The van der Waals surface area contributed by atoms with Crippen molar-refractivity contribution in [1.82, 2.24) is 4.98 Å². The molecule has 3 heterocycles. The van der Waals surface area contributed by atoms with E-state index in [0.29, 0.717) is 41.5 Å². The fourth-order valence-electron chi connectivity index (χ4n) is 4.20. The van der Waals surface area contributed by atoms with Gasteiger partial charge in [0.25, 0.3) is 11.7 Å². The molecule has 3 aromatic rings. The Morgan fingerprint density at radius 2 is 1.70 bits per heavy atom. The van der Waals surface area contributed by atoms with Crippen LogP contribution in [0.3, 0.4) is 0 Å². The standard InChI is InChI=1S/C26H22N2O5/c1-2-16-3-6-19(7-4-16)28-23(17-9-11-27-12-10-17)22(25(30)26(28)31)24(29)18-5-8-20-21(15-18)33-14-13-32-20/h3-12,15,23,29H,2,13-14H2,1H3/b24-22-. The van der Waals surface area contributed by atoms with Gasteiger partial charge < -0.3 is 14.6 Å². The van der Waals surface area contributed by atoms with Gasteiger partial charge >= 0.3 is 0 Å². The molecule has 0 spiro atoms. The smallest absolute Gasteiger partial charge is 0.300 e. The summed E-state index contributed by atoms with van der Waals surface area (Å²) in [5, 5.41) is 11.3. The van der Waals surface area contributed by atoms with Gasteiger partial charge in [-0.3, -0.25) is 19.5 Å². The fraction of sp³-hybridized carbons (Fsp3) is 0.192. The van der Waals surface area contributed by atoms with Crippen molar-refractivity contribution >= 4 is 23.1 Å². The minimum Gasteiger partial charge on any atom is -0.507 e. The molecule has 1 saturated heterocycles. The lowest BCUT2D eigenvalue weighted by Crippen LogP contribution is -2.29. The lowest BCUT2D eigenvalue weighted by atomic mass is 9.95. The molecule has 33 heavy (non-hydrogen) atoms. The first-order valence-electron chi connectivity index (χ1n) is 10.8. The minimum absolute atomic E-state index is 0.0162. The number of aliphatic hydroxyl groups is 1. The van der Waals surface area contributed by atoms with Crippen LogP contribution in [0.5, 0.6) is 11.5 Å². The highest BCUT2D eigenvalue weighted by Crippen LogP contribution is 2.43. The van der Waals surface area contributed by atoms with E-state index in [4.69, 9.17) is 9.47 Å². The topological polar surface area (TPSA) is 89.0 Å². The molecule has 2 aromatic carbocycles. The van der Waals surface area contributed by atoms with Crippen molar-refractivity contribution in [2.24, 2.45) is 0 Å². The molecular weight excluding hydrogens is 420 g/mol. The number of aryl methyl sites for hydroxylation is 1. The predicted octanol–water partition coefficient (Wildman–Crippen LogP) is 4.04. The van der Waals surface area contributed by atoms with Crippen LogP contribution in [0.4, 0.5) is 5.69 Å². The van der Waals surface area contributed by atoms with E-state index in [0.717, 1.165) is 12.0 Å². The Balaban J connectivity index is 1.66. The van der Waals surface area contributed by atoms with E-state index < -0.39 is 17.7 Å². The van der Waals surface area contributed by atoms with Crippen LogP contribution in [0.25, 0.3) is 5.76 Å². The van der Waals surface area contributed by atoms with E-state index in [1.807, 2.05) is 31.2 Å². The summed E-state index contributed by atoms with van der Waals surface area (Å²) in [5.41, 5.74) is 2.76. The maximum absolute atomic E-state index is 13.2. The molecule has 5 rings (SSSR count). The molecule has 1 unspecified atom stereocenters. The van der Waals surface area contributed by atoms with Crippen molar-refractivity contribution in [3.63, 3.8) is 0 Å². The number of carbonyl (C=O) groups excluding carboxylic acids is 2. The molecule has 1 fully saturated rings. The summed E-state index contributed by atoms with van der Waals surface area (Å²) < 4.78 is 11.2. The summed E-state index contributed by atoms with van der Waals surface area (Å²) in [6.45, 7) is 2.89. The zero-order valence-corrected chi connectivity index (χ0v) is 18.0. The monoisotopic (exact) mass is 442 g/mol. The number of Topliss-reactive ketones (excluding diaryl/α,β-unsaturated/α-hetero) is 1. The van der Waals surface area contributed by atoms with Crippen molar-refractivity contribution in [3.8, 4) is 11.5 Å². The van der Waals surface area contributed by atoms with Crippen LogP contribution in [-0.2, 0) is 16.0 Å². The summed E-state index contributed by atoms with van der Waals surface area (Å²) in [4.78, 5) is 31.9. The predicted molar refractivity (Wildman–Crippen MR) is 122 cm³/mol. The third kappa shape index (κ3) is 3.61. The van der Waals surface area contributed by atoms with Crippen molar-refractivity contribution in [3.05, 3.63) is 89.3 Å². The molecule has 2 aliphatic heterocycles. The first kappa shape index (κ1) is 20.8. The first-order chi connectivity index (χ1) is 16.1. The van der Waals surface area contributed by atoms with Crippen LogP contribution < -0.4 is 14.4 Å². The average molecular weight is 442 g/mol. The highest BCUT2D eigenvalue weighted by atomic mass is 16.6. The number of anilines is 1. The molecule has 7 nitrogen and oxygen atoms in total. The van der Waals surface area contributed by atoms with Crippen LogP contribution >= 0.6 is 0 Å². The highest BCUT2D eigenvalue weighted by molar-refractivity contribution is 6.51. The number of hydrogen-bond acceptors (Lipinski definition) is 6. The SMILES string of the molecule is CCc1ccc(N2C(=O)C(=O)/C(=C(\O)c3ccc4c(c3)OCCO4)C2c2ccncc2)cc1. The number of fused-ring (bicyclic) bond motifs is 1. The zero-order chi connectivity index (χ0) is 22.9. The van der Waals surface area contributed by atoms with Gasteiger partial charge in [-0.05, 0) is 60.0 Å². The van der Waals surface area contributed by atoms with Gasteiger partial charge in [-0.1, -0.05) is 19.1 Å². The number of carbonyl (C=O) groups is 2. The van der Waals surface area contributed by atoms with Gasteiger partial charge in [0.05, 0.1) is 11.6 Å². The largest absolute Gasteiger partial charge is 0.507 e. The van der Waals surface area contributed by atoms with Crippen molar-refractivity contribution in [2.75, 3.05) is 18.1 Å². The fourth-order valence-corrected chi connectivity index (χ4v) is 4.20. The van der Waals surface area contributed by atoms with E-state index in [2.05, 4.69) is 4.98 Å². The number of hydrogen-bond donors (Lipinski definition) is 1. The summed E-state index contributed by atoms with van der Waals surface area (Å²) in [5.74, 6) is -0.654. The Morgan fingerprint density at radius 1 is 1.00 bits per heavy atom. The van der Waals surface area contributed by atoms with Gasteiger partial charge in [0, 0.05) is 23.6 Å². The number of amides is 1. The number of ether oxygens (including phenoxy) is 2. The van der Waals surface area contributed by atoms with Crippen molar-refractivity contribution in [2.45, 2.75) is 19.4 Å². The van der Waals surface area contributed by atoms with E-state index in [9.17, 15) is 14.7 Å². The van der Waals surface area contributed by atoms with Crippen molar-refractivity contribution in [1.29, 1.82) is 0 Å². The molecule has 0 aliphatic carbocycles. The molecule has 0 bridgehead atoms. The third-order valence-corrected chi connectivity index (χ3v) is 5.90. The molecule has 1 N–H and O–H groups in total. The summed E-state index contributed by atoms with van der Waals surface area (Å²) >= 11 is 0. The Hall–Kier alpha value is -4.13. The summed E-state index contributed by atoms with van der Waals surface area (Å²) in [6.07, 6.45) is 4.05. The highest BCUT2D eigenvalue weighted by Gasteiger charge is 2.47. The second-order valence-corrected chi connectivity index (χ2v) is 7.83. The van der Waals surface area contributed by atoms with Gasteiger partial charge in [-0.2, -0.15) is 0 Å². The van der Waals surface area contributed by atoms with Gasteiger partial charge in [0.1, 0.15) is 19.0 Å². The van der Waals surface area contributed by atoms with Crippen LogP contribution in [-0.4, -0.2) is 35.0 Å². The molecule has 7 heteroatoms. The van der Waals surface area contributed by atoms with E-state index in [-0.39, 0.29) is 11.3 Å². The maximum Gasteiger partial charge on any atom is 0.300 e. The van der Waals surface area contributed by atoms with E-state index >= 15 is 0 Å². The van der Waals surface area contributed by atoms with Crippen LogP contribution in [0.15, 0.2) is 72.6 Å². The number of aliphatic hydroxyl groups excluding tert-OH is 1. The molecule has 0 radical (unpaired) electrons. The number of benzene rings is 2. The second kappa shape index (κ2) is 8.43. The van der Waals surface area contributed by atoms with Gasteiger partial charge in [0.2, 0.25) is 0 Å². The van der Waals surface area contributed by atoms with Gasteiger partial charge in [0.15, 0.2) is 11.5 Å². The summed E-state index contributed by atoms with van der Waals surface area (Å²) in [7, 11) is 0. The first-order valence-corrected chi connectivity index (χ1v) is 10.8. The van der Waals surface area contributed by atoms with Gasteiger partial charge in [-0.25, -0.2) is 0 Å². The quantitative estimate of drug-likeness (QED) is 0.373. The summed E-state index contributed by atoms with van der Waals surface area (Å²) in [6, 6.07) is 15.1. The van der Waals surface area contributed by atoms with Gasteiger partial charge in [-0.15, -0.1) is 0 Å². The Morgan fingerprint density at radius 3 is 2.39 bits per heavy atom. The molecular formula is C26H22N2O5. The number of pyridine rings is 1. The van der Waals surface area contributed by atoms with Crippen LogP contribution in [0.1, 0.15) is 29.7 Å². The maximum atomic E-state index is 13.2. The number of rotatable bonds is 4. The molecule has 1 amide bonds. The zero-order valence-electron chi connectivity index (χ0n) is 18.0. The van der Waals surface area contributed by atoms with Crippen molar-refractivity contribution < 1.29 is 24.2 Å². The number of aromatic nitrogens is 1. The van der Waals surface area contributed by atoms with E-state index in [1.165, 1.54) is 4.90 Å². The molecule has 1 atom stereocenters.